The summed E-state index contributed by atoms with van der Waals surface area (Å²) < 4.78 is 0. The number of para-hydroxylation sites is 1. The molecule has 22 heavy (non-hydrogen) atoms. The zero-order valence-corrected chi connectivity index (χ0v) is 13.4. The molecule has 1 amide bonds. The Balaban J connectivity index is 2.09. The van der Waals surface area contributed by atoms with Gasteiger partial charge in [-0.1, -0.05) is 32.0 Å². The monoisotopic (exact) mass is 297 g/mol. The smallest absolute Gasteiger partial charge is 0.225 e. The van der Waals surface area contributed by atoms with E-state index in [0.717, 1.165) is 17.9 Å². The quantitative estimate of drug-likeness (QED) is 0.868. The second kappa shape index (κ2) is 7.59. The van der Waals surface area contributed by atoms with Crippen molar-refractivity contribution in [2.24, 2.45) is 5.92 Å². The third kappa shape index (κ3) is 4.32. The van der Waals surface area contributed by atoms with Gasteiger partial charge in [0.15, 0.2) is 0 Å². The van der Waals surface area contributed by atoms with Crippen molar-refractivity contribution in [3.63, 3.8) is 0 Å². The molecule has 0 fully saturated rings. The number of amides is 1. The van der Waals surface area contributed by atoms with Crippen LogP contribution >= 0.6 is 0 Å². The third-order valence-electron chi connectivity index (χ3n) is 3.30. The lowest BCUT2D eigenvalue weighted by atomic mass is 10.1. The van der Waals surface area contributed by atoms with Crippen molar-refractivity contribution in [1.82, 2.24) is 4.98 Å². The van der Waals surface area contributed by atoms with Crippen molar-refractivity contribution in [2.45, 2.75) is 27.2 Å². The standard InChI is InChI=1S/C18H23N3O/c1-4-21(15-8-6-5-7-9-15)16-10-11-17(19-13-16)20-18(22)12-14(2)3/h5-11,13-14H,4,12H2,1-3H3,(H,19,20,22). The van der Waals surface area contributed by atoms with Crippen LogP contribution in [-0.2, 0) is 4.79 Å². The normalized spacial score (nSPS) is 10.5. The number of nitrogens with zero attached hydrogens (tertiary/aromatic N) is 2. The predicted octanol–water partition coefficient (Wildman–Crippen LogP) is 4.22. The van der Waals surface area contributed by atoms with Crippen molar-refractivity contribution in [1.29, 1.82) is 0 Å². The number of hydrogen-bond donors (Lipinski definition) is 1. The van der Waals surface area contributed by atoms with Crippen LogP contribution in [0.3, 0.4) is 0 Å². The second-order valence-corrected chi connectivity index (χ2v) is 5.63. The molecule has 0 unspecified atom stereocenters. The number of rotatable bonds is 6. The van der Waals surface area contributed by atoms with E-state index in [-0.39, 0.29) is 5.91 Å². The number of aromatic nitrogens is 1. The van der Waals surface area contributed by atoms with Crippen molar-refractivity contribution < 1.29 is 4.79 Å². The van der Waals surface area contributed by atoms with Gasteiger partial charge in [-0.25, -0.2) is 4.98 Å². The molecule has 0 saturated heterocycles. The highest BCUT2D eigenvalue weighted by Crippen LogP contribution is 2.24. The van der Waals surface area contributed by atoms with Crippen molar-refractivity contribution in [3.8, 4) is 0 Å². The average molecular weight is 297 g/mol. The van der Waals surface area contributed by atoms with Crippen LogP contribution < -0.4 is 10.2 Å². The van der Waals surface area contributed by atoms with E-state index in [1.807, 2.05) is 44.2 Å². The van der Waals surface area contributed by atoms with Gasteiger partial charge in [-0.2, -0.15) is 0 Å². The fraction of sp³-hybridized carbons (Fsp3) is 0.333. The lowest BCUT2D eigenvalue weighted by Gasteiger charge is -2.23. The lowest BCUT2D eigenvalue weighted by molar-refractivity contribution is -0.116. The molecule has 0 saturated carbocycles. The first-order valence-electron chi connectivity index (χ1n) is 7.68. The van der Waals surface area contributed by atoms with Crippen LogP contribution in [0.25, 0.3) is 0 Å². The number of carbonyl (C=O) groups excluding carboxylic acids is 1. The molecule has 0 aliphatic carbocycles. The van der Waals surface area contributed by atoms with Gasteiger partial charge in [-0.15, -0.1) is 0 Å². The summed E-state index contributed by atoms with van der Waals surface area (Å²) in [6.07, 6.45) is 2.30. The molecule has 2 aromatic rings. The molecule has 0 bridgehead atoms. The van der Waals surface area contributed by atoms with Crippen LogP contribution in [0.4, 0.5) is 17.2 Å². The number of benzene rings is 1. The van der Waals surface area contributed by atoms with Crippen LogP contribution in [-0.4, -0.2) is 17.4 Å². The molecule has 0 aliphatic heterocycles. The van der Waals surface area contributed by atoms with E-state index in [4.69, 9.17) is 0 Å². The van der Waals surface area contributed by atoms with E-state index in [2.05, 4.69) is 34.3 Å². The third-order valence-corrected chi connectivity index (χ3v) is 3.30. The van der Waals surface area contributed by atoms with Crippen LogP contribution in [0.5, 0.6) is 0 Å². The van der Waals surface area contributed by atoms with Crippen LogP contribution in [0.15, 0.2) is 48.7 Å². The Hall–Kier alpha value is -2.36. The van der Waals surface area contributed by atoms with Crippen LogP contribution in [0.2, 0.25) is 0 Å². The topological polar surface area (TPSA) is 45.2 Å². The average Bonchev–Trinajstić information content (AvgIpc) is 2.50. The van der Waals surface area contributed by atoms with Crippen LogP contribution in [0, 0.1) is 5.92 Å². The first-order chi connectivity index (χ1) is 10.6. The van der Waals surface area contributed by atoms with Crippen molar-refractivity contribution in [3.05, 3.63) is 48.7 Å². The predicted molar refractivity (Wildman–Crippen MR) is 91.4 cm³/mol. The summed E-state index contributed by atoms with van der Waals surface area (Å²) in [7, 11) is 0. The minimum atomic E-state index is 0.00524. The van der Waals surface area contributed by atoms with E-state index in [0.29, 0.717) is 18.2 Å². The summed E-state index contributed by atoms with van der Waals surface area (Å²) in [6, 6.07) is 14.0. The number of hydrogen-bond acceptors (Lipinski definition) is 3. The molecule has 1 aromatic carbocycles. The molecule has 0 spiro atoms. The van der Waals surface area contributed by atoms with Gasteiger partial charge < -0.3 is 10.2 Å². The highest BCUT2D eigenvalue weighted by molar-refractivity contribution is 5.90. The van der Waals surface area contributed by atoms with E-state index >= 15 is 0 Å². The molecule has 4 nitrogen and oxygen atoms in total. The van der Waals surface area contributed by atoms with Crippen LogP contribution in [0.1, 0.15) is 27.2 Å². The lowest BCUT2D eigenvalue weighted by Crippen LogP contribution is -2.17. The summed E-state index contributed by atoms with van der Waals surface area (Å²) in [6.45, 7) is 7.00. The molecule has 2 rings (SSSR count). The Morgan fingerprint density at radius 2 is 1.86 bits per heavy atom. The number of pyridine rings is 1. The van der Waals surface area contributed by atoms with Crippen molar-refractivity contribution >= 4 is 23.1 Å². The highest BCUT2D eigenvalue weighted by Gasteiger charge is 2.09. The maximum Gasteiger partial charge on any atom is 0.225 e. The zero-order chi connectivity index (χ0) is 15.9. The van der Waals surface area contributed by atoms with E-state index in [9.17, 15) is 4.79 Å². The molecule has 0 radical (unpaired) electrons. The molecule has 0 aliphatic rings. The molecule has 0 atom stereocenters. The first-order valence-corrected chi connectivity index (χ1v) is 7.68. The Kier molecular flexibility index (Phi) is 5.53. The summed E-state index contributed by atoms with van der Waals surface area (Å²) in [5, 5.41) is 2.83. The minimum absolute atomic E-state index is 0.00524. The maximum atomic E-state index is 11.8. The molecule has 1 N–H and O–H groups in total. The van der Waals surface area contributed by atoms with Gasteiger partial charge in [-0.3, -0.25) is 4.79 Å². The van der Waals surface area contributed by atoms with E-state index in [1.165, 1.54) is 0 Å². The first kappa shape index (κ1) is 16.0. The van der Waals surface area contributed by atoms with Gasteiger partial charge in [0.05, 0.1) is 11.9 Å². The summed E-state index contributed by atoms with van der Waals surface area (Å²) >= 11 is 0. The Labute approximate surface area is 132 Å². The summed E-state index contributed by atoms with van der Waals surface area (Å²) in [5.41, 5.74) is 2.14. The van der Waals surface area contributed by atoms with E-state index in [1.54, 1.807) is 6.20 Å². The van der Waals surface area contributed by atoms with Gasteiger partial charge in [-0.05, 0) is 37.1 Å². The molecule has 116 valence electrons. The van der Waals surface area contributed by atoms with Gasteiger partial charge in [0.25, 0.3) is 0 Å². The zero-order valence-electron chi connectivity index (χ0n) is 13.4. The highest BCUT2D eigenvalue weighted by atomic mass is 16.1. The summed E-state index contributed by atoms with van der Waals surface area (Å²) in [5.74, 6) is 0.942. The number of nitrogens with one attached hydrogen (secondary N) is 1. The number of anilines is 3. The largest absolute Gasteiger partial charge is 0.341 e. The Bertz CT molecular complexity index is 593. The summed E-state index contributed by atoms with van der Waals surface area (Å²) in [4.78, 5) is 18.3. The fourth-order valence-electron chi connectivity index (χ4n) is 2.31. The molecule has 4 heteroatoms. The number of carbonyl (C=O) groups is 1. The van der Waals surface area contributed by atoms with Gasteiger partial charge in [0.2, 0.25) is 5.91 Å². The SMILES string of the molecule is CCN(c1ccccc1)c1ccc(NC(=O)CC(C)C)nc1. The minimum Gasteiger partial charge on any atom is -0.341 e. The maximum absolute atomic E-state index is 11.8. The molecular weight excluding hydrogens is 274 g/mol. The van der Waals surface area contributed by atoms with Gasteiger partial charge in [0.1, 0.15) is 5.82 Å². The van der Waals surface area contributed by atoms with Gasteiger partial charge >= 0.3 is 0 Å². The molecule has 1 aromatic heterocycles. The Morgan fingerprint density at radius 1 is 1.14 bits per heavy atom. The second-order valence-electron chi connectivity index (χ2n) is 5.63. The van der Waals surface area contributed by atoms with E-state index < -0.39 is 0 Å². The molecule has 1 heterocycles. The van der Waals surface area contributed by atoms with Gasteiger partial charge in [0, 0.05) is 18.7 Å². The Morgan fingerprint density at radius 3 is 2.41 bits per heavy atom. The van der Waals surface area contributed by atoms with Crippen molar-refractivity contribution in [2.75, 3.05) is 16.8 Å². The molecular formula is C18H23N3O. The fourth-order valence-corrected chi connectivity index (χ4v) is 2.31.